The molecule has 0 amide bonds. The van der Waals surface area contributed by atoms with Crippen molar-refractivity contribution in [3.05, 3.63) is 0 Å². The van der Waals surface area contributed by atoms with Gasteiger partial charge in [-0.1, -0.05) is 34.1 Å². The van der Waals surface area contributed by atoms with E-state index in [9.17, 15) is 4.79 Å². The Morgan fingerprint density at radius 1 is 1.42 bits per heavy atom. The molecule has 4 atom stereocenters. The lowest BCUT2D eigenvalue weighted by Gasteiger charge is -2.35. The molecule has 4 nitrogen and oxygen atoms in total. The quantitative estimate of drug-likeness (QED) is 0.753. The van der Waals surface area contributed by atoms with Crippen LogP contribution in [0.2, 0.25) is 0 Å². The minimum absolute atomic E-state index is 0.151. The molecule has 19 heavy (non-hydrogen) atoms. The number of carbonyl (C=O) groups excluding carboxylic acids is 1. The third kappa shape index (κ3) is 4.77. The van der Waals surface area contributed by atoms with E-state index in [-0.39, 0.29) is 17.9 Å². The summed E-state index contributed by atoms with van der Waals surface area (Å²) in [5, 5.41) is 3.49. The minimum atomic E-state index is -0.203. The van der Waals surface area contributed by atoms with Crippen molar-refractivity contribution in [3.8, 4) is 0 Å². The molecule has 1 heterocycles. The molecule has 1 aliphatic rings. The number of nitrogens with one attached hydrogen (secondary N) is 1. The lowest BCUT2D eigenvalue weighted by Crippen LogP contribution is -2.51. The maximum Gasteiger partial charge on any atom is 0.323 e. The fourth-order valence-electron chi connectivity index (χ4n) is 2.53. The van der Waals surface area contributed by atoms with E-state index in [1.807, 2.05) is 0 Å². The molecule has 112 valence electrons. The Morgan fingerprint density at radius 2 is 2.11 bits per heavy atom. The lowest BCUT2D eigenvalue weighted by molar-refractivity contribution is -0.145. The molecule has 1 fully saturated rings. The van der Waals surface area contributed by atoms with Crippen molar-refractivity contribution in [1.29, 1.82) is 0 Å². The summed E-state index contributed by atoms with van der Waals surface area (Å²) < 4.78 is 10.7. The van der Waals surface area contributed by atoms with Crippen molar-refractivity contribution < 1.29 is 14.3 Å². The second-order valence-electron chi connectivity index (χ2n) is 5.93. The van der Waals surface area contributed by atoms with Crippen LogP contribution in [0.4, 0.5) is 0 Å². The average molecular weight is 271 g/mol. The largest absolute Gasteiger partial charge is 0.468 e. The van der Waals surface area contributed by atoms with E-state index in [4.69, 9.17) is 9.47 Å². The van der Waals surface area contributed by atoms with E-state index < -0.39 is 0 Å². The Kier molecular flexibility index (Phi) is 6.80. The van der Waals surface area contributed by atoms with Crippen LogP contribution in [0.5, 0.6) is 0 Å². The van der Waals surface area contributed by atoms with Gasteiger partial charge in [0.05, 0.1) is 13.2 Å². The van der Waals surface area contributed by atoms with Gasteiger partial charge in [-0.05, 0) is 24.7 Å². The molecule has 0 bridgehead atoms. The Hall–Kier alpha value is -0.610. The first-order chi connectivity index (χ1) is 8.99. The second-order valence-corrected chi connectivity index (χ2v) is 5.93. The monoisotopic (exact) mass is 271 g/mol. The normalized spacial score (nSPS) is 27.1. The fraction of sp³-hybridized carbons (Fsp3) is 0.933. The van der Waals surface area contributed by atoms with E-state index in [1.165, 1.54) is 7.11 Å². The predicted molar refractivity (Wildman–Crippen MR) is 76.0 cm³/mol. The number of methoxy groups -OCH3 is 1. The fourth-order valence-corrected chi connectivity index (χ4v) is 2.53. The maximum absolute atomic E-state index is 11.9. The van der Waals surface area contributed by atoms with Crippen LogP contribution in [-0.4, -0.2) is 37.9 Å². The van der Waals surface area contributed by atoms with Crippen LogP contribution in [0, 0.1) is 11.8 Å². The molecule has 0 aliphatic carbocycles. The smallest absolute Gasteiger partial charge is 0.323 e. The Labute approximate surface area is 117 Å². The highest BCUT2D eigenvalue weighted by Gasteiger charge is 2.31. The topological polar surface area (TPSA) is 47.6 Å². The number of esters is 1. The second kappa shape index (κ2) is 7.85. The van der Waals surface area contributed by atoms with Gasteiger partial charge < -0.3 is 14.8 Å². The summed E-state index contributed by atoms with van der Waals surface area (Å²) in [7, 11) is 1.46. The summed E-state index contributed by atoms with van der Waals surface area (Å²) in [6.45, 7) is 9.32. The van der Waals surface area contributed by atoms with Crippen molar-refractivity contribution in [2.24, 2.45) is 11.8 Å². The van der Waals surface area contributed by atoms with Crippen LogP contribution < -0.4 is 5.32 Å². The van der Waals surface area contributed by atoms with Crippen molar-refractivity contribution >= 4 is 5.97 Å². The number of ether oxygens (including phenoxy) is 2. The van der Waals surface area contributed by atoms with Gasteiger partial charge in [-0.25, -0.2) is 0 Å². The minimum Gasteiger partial charge on any atom is -0.468 e. The van der Waals surface area contributed by atoms with E-state index in [2.05, 4.69) is 33.0 Å². The van der Waals surface area contributed by atoms with Crippen LogP contribution >= 0.6 is 0 Å². The molecule has 0 spiro atoms. The maximum atomic E-state index is 11.9. The zero-order valence-electron chi connectivity index (χ0n) is 12.9. The highest BCUT2D eigenvalue weighted by molar-refractivity contribution is 5.76. The Morgan fingerprint density at radius 3 is 2.63 bits per heavy atom. The highest BCUT2D eigenvalue weighted by Crippen LogP contribution is 2.22. The van der Waals surface area contributed by atoms with Gasteiger partial charge in [-0.2, -0.15) is 0 Å². The summed E-state index contributed by atoms with van der Waals surface area (Å²) >= 11 is 0. The van der Waals surface area contributed by atoms with Crippen LogP contribution in [0.1, 0.15) is 47.0 Å². The van der Waals surface area contributed by atoms with Crippen LogP contribution in [0.15, 0.2) is 0 Å². The van der Waals surface area contributed by atoms with Crippen LogP contribution in [0.3, 0.4) is 0 Å². The summed E-state index contributed by atoms with van der Waals surface area (Å²) in [5.41, 5.74) is 0. The molecule has 0 saturated carbocycles. The first kappa shape index (κ1) is 16.4. The third-order valence-corrected chi connectivity index (χ3v) is 4.14. The summed E-state index contributed by atoms with van der Waals surface area (Å²) in [6, 6.07) is 0.144. The SMILES string of the molecule is CCC(C)C(NC1CCOC(C(C)C)C1)C(=O)OC. The van der Waals surface area contributed by atoms with Crippen molar-refractivity contribution in [2.75, 3.05) is 13.7 Å². The number of hydrogen-bond acceptors (Lipinski definition) is 4. The van der Waals surface area contributed by atoms with Gasteiger partial charge in [0.25, 0.3) is 0 Å². The predicted octanol–water partition coefficient (Wildman–Crippen LogP) is 2.37. The van der Waals surface area contributed by atoms with Gasteiger partial charge in [-0.3, -0.25) is 4.79 Å². The number of carbonyl (C=O) groups is 1. The van der Waals surface area contributed by atoms with Crippen molar-refractivity contribution in [2.45, 2.75) is 65.1 Å². The first-order valence-electron chi connectivity index (χ1n) is 7.45. The van der Waals surface area contributed by atoms with Crippen molar-refractivity contribution in [3.63, 3.8) is 0 Å². The molecular formula is C15H29NO3. The van der Waals surface area contributed by atoms with Crippen LogP contribution in [0.25, 0.3) is 0 Å². The molecule has 1 saturated heterocycles. The molecular weight excluding hydrogens is 242 g/mol. The first-order valence-corrected chi connectivity index (χ1v) is 7.45. The van der Waals surface area contributed by atoms with Gasteiger partial charge in [0.15, 0.2) is 0 Å². The molecule has 0 aromatic rings. The Bertz CT molecular complexity index is 281. The third-order valence-electron chi connectivity index (χ3n) is 4.14. The molecule has 1 rings (SSSR count). The van der Waals surface area contributed by atoms with E-state index >= 15 is 0 Å². The lowest BCUT2D eigenvalue weighted by atomic mass is 9.92. The number of rotatable bonds is 6. The molecule has 1 N–H and O–H groups in total. The molecule has 0 radical (unpaired) electrons. The van der Waals surface area contributed by atoms with Crippen molar-refractivity contribution in [1.82, 2.24) is 5.32 Å². The van der Waals surface area contributed by atoms with Gasteiger partial charge in [0, 0.05) is 12.6 Å². The highest BCUT2D eigenvalue weighted by atomic mass is 16.5. The Balaban J connectivity index is 2.60. The molecule has 4 unspecified atom stereocenters. The number of hydrogen-bond donors (Lipinski definition) is 1. The van der Waals surface area contributed by atoms with E-state index in [1.54, 1.807) is 0 Å². The zero-order chi connectivity index (χ0) is 14.4. The van der Waals surface area contributed by atoms with Gasteiger partial charge in [-0.15, -0.1) is 0 Å². The summed E-state index contributed by atoms with van der Waals surface area (Å²) in [6.07, 6.45) is 3.19. The summed E-state index contributed by atoms with van der Waals surface area (Å²) in [5.74, 6) is 0.652. The van der Waals surface area contributed by atoms with Gasteiger partial charge in [0.1, 0.15) is 6.04 Å². The average Bonchev–Trinajstić information content (AvgIpc) is 2.43. The van der Waals surface area contributed by atoms with Gasteiger partial charge >= 0.3 is 5.97 Å². The zero-order valence-corrected chi connectivity index (χ0v) is 12.9. The van der Waals surface area contributed by atoms with E-state index in [0.29, 0.717) is 18.1 Å². The van der Waals surface area contributed by atoms with Crippen LogP contribution in [-0.2, 0) is 14.3 Å². The molecule has 4 heteroatoms. The van der Waals surface area contributed by atoms with E-state index in [0.717, 1.165) is 25.9 Å². The molecule has 1 aliphatic heterocycles. The summed E-state index contributed by atoms with van der Waals surface area (Å²) in [4.78, 5) is 11.9. The van der Waals surface area contributed by atoms with Gasteiger partial charge in [0.2, 0.25) is 0 Å². The molecule has 0 aromatic heterocycles. The standard InChI is InChI=1S/C15H29NO3/c1-6-11(4)14(15(17)18-5)16-12-7-8-19-13(9-12)10(2)3/h10-14,16H,6-9H2,1-5H3. The molecule has 0 aromatic carbocycles.